The van der Waals surface area contributed by atoms with Crippen LogP contribution < -0.4 is 10.6 Å². The molecule has 0 bridgehead atoms. The van der Waals surface area contributed by atoms with E-state index in [0.29, 0.717) is 10.6 Å². The minimum absolute atomic E-state index is 0.0142. The third-order valence-corrected chi connectivity index (χ3v) is 5.61. The van der Waals surface area contributed by atoms with Gasteiger partial charge in [0.25, 0.3) is 0 Å². The smallest absolute Gasteiger partial charge is 0.341 e. The molecule has 3 N–H and O–H groups in total. The zero-order valence-electron chi connectivity index (χ0n) is 15.0. The Kier molecular flexibility index (Phi) is 4.61. The van der Waals surface area contributed by atoms with Gasteiger partial charge in [-0.05, 0) is 33.3 Å². The van der Waals surface area contributed by atoms with Gasteiger partial charge in [-0.15, -0.1) is 11.3 Å². The summed E-state index contributed by atoms with van der Waals surface area (Å²) >= 11 is 1.50. The predicted molar refractivity (Wildman–Crippen MR) is 91.9 cm³/mol. The van der Waals surface area contributed by atoms with Gasteiger partial charge in [0.05, 0.1) is 23.1 Å². The molecule has 0 saturated heterocycles. The molecule has 0 saturated carbocycles. The lowest BCUT2D eigenvalue weighted by molar-refractivity contribution is -0.789. The lowest BCUT2D eigenvalue weighted by atomic mass is 9.81. The number of fused-ring (bicyclic) bond motifs is 1. The Morgan fingerprint density at radius 2 is 1.87 bits per heavy atom. The van der Waals surface area contributed by atoms with Crippen molar-refractivity contribution >= 4 is 28.2 Å². The molecule has 2 heterocycles. The van der Waals surface area contributed by atoms with Crippen molar-refractivity contribution in [1.82, 2.24) is 0 Å². The van der Waals surface area contributed by atoms with E-state index in [-0.39, 0.29) is 28.9 Å². The predicted octanol–water partition coefficient (Wildman–Crippen LogP) is 2.26. The molecule has 0 spiro atoms. The van der Waals surface area contributed by atoms with Crippen LogP contribution in [0.2, 0.25) is 0 Å². The van der Waals surface area contributed by atoms with E-state index < -0.39 is 0 Å². The molecule has 1 aliphatic rings. The summed E-state index contributed by atoms with van der Waals surface area (Å²) in [6.07, 6.45) is 0.768. The molecule has 0 aliphatic carbocycles. The van der Waals surface area contributed by atoms with Crippen LogP contribution in [0.25, 0.3) is 0 Å². The number of methoxy groups -OCH3 is 1. The number of carbonyl (C=O) groups is 2. The van der Waals surface area contributed by atoms with Gasteiger partial charge < -0.3 is 15.4 Å². The molecule has 1 aliphatic heterocycles. The second kappa shape index (κ2) is 5.91. The Morgan fingerprint density at radius 1 is 1.26 bits per heavy atom. The van der Waals surface area contributed by atoms with Crippen molar-refractivity contribution in [2.75, 3.05) is 12.4 Å². The summed E-state index contributed by atoms with van der Waals surface area (Å²) in [5.41, 5.74) is 1.37. The second-order valence-corrected chi connectivity index (χ2v) is 8.80. The van der Waals surface area contributed by atoms with Crippen LogP contribution in [0.15, 0.2) is 0 Å². The fraction of sp³-hybridized carbons (Fsp3) is 0.647. The Hall–Kier alpha value is -1.40. The number of esters is 1. The number of nitrogens with one attached hydrogen (secondary N) is 1. The van der Waals surface area contributed by atoms with Crippen LogP contribution in [0.3, 0.4) is 0 Å². The number of rotatable bonds is 3. The maximum absolute atomic E-state index is 12.4. The van der Waals surface area contributed by atoms with Gasteiger partial charge in [-0.3, -0.25) is 4.79 Å². The van der Waals surface area contributed by atoms with Crippen LogP contribution in [0.1, 0.15) is 62.3 Å². The summed E-state index contributed by atoms with van der Waals surface area (Å²) in [4.78, 5) is 25.6. The van der Waals surface area contributed by atoms with E-state index in [2.05, 4.69) is 38.3 Å². The van der Waals surface area contributed by atoms with Gasteiger partial charge in [0.15, 0.2) is 0 Å². The highest BCUT2D eigenvalue weighted by Crippen LogP contribution is 2.42. The largest absolute Gasteiger partial charge is 0.465 e. The van der Waals surface area contributed by atoms with E-state index in [4.69, 9.17) is 4.74 Å². The van der Waals surface area contributed by atoms with Crippen molar-refractivity contribution in [3.63, 3.8) is 0 Å². The number of quaternary nitrogens is 1. The average Bonchev–Trinajstić information content (AvgIpc) is 2.74. The number of anilines is 1. The third kappa shape index (κ3) is 3.43. The normalized spacial score (nSPS) is 18.4. The highest BCUT2D eigenvalue weighted by atomic mass is 32.1. The first kappa shape index (κ1) is 17.9. The number of carbonyl (C=O) groups excluding carboxylic acids is 2. The summed E-state index contributed by atoms with van der Waals surface area (Å²) in [5.74, 6) is -0.611. The lowest BCUT2D eigenvalue weighted by Crippen LogP contribution is -3.03. The summed E-state index contributed by atoms with van der Waals surface area (Å²) in [7, 11) is 1.38. The van der Waals surface area contributed by atoms with Crippen LogP contribution >= 0.6 is 11.3 Å². The minimum atomic E-state index is -0.380. The topological polar surface area (TPSA) is 72.0 Å². The van der Waals surface area contributed by atoms with Gasteiger partial charge in [0, 0.05) is 12.3 Å². The molecule has 0 radical (unpaired) electrons. The van der Waals surface area contributed by atoms with Crippen molar-refractivity contribution in [3.8, 4) is 0 Å². The highest BCUT2D eigenvalue weighted by Gasteiger charge is 2.45. The SMILES string of the molecule is COC(=O)c1c(NC(=O)C(C)C)sc2c1CC(C)(C)[NH2+]C2(C)C. The summed E-state index contributed by atoms with van der Waals surface area (Å²) in [6, 6.07) is 0. The molecule has 0 fully saturated rings. The first-order valence-electron chi connectivity index (χ1n) is 7.91. The number of amides is 1. The molecule has 0 unspecified atom stereocenters. The lowest BCUT2D eigenvalue weighted by Gasteiger charge is -2.38. The summed E-state index contributed by atoms with van der Waals surface area (Å²) in [6.45, 7) is 12.3. The maximum Gasteiger partial charge on any atom is 0.341 e. The number of nitrogens with two attached hydrogens (primary N) is 1. The van der Waals surface area contributed by atoms with Crippen LogP contribution in [0.5, 0.6) is 0 Å². The molecule has 1 aromatic rings. The second-order valence-electron chi connectivity index (χ2n) is 7.78. The zero-order chi connectivity index (χ0) is 17.6. The van der Waals surface area contributed by atoms with Crippen molar-refractivity contribution in [2.24, 2.45) is 5.92 Å². The fourth-order valence-electron chi connectivity index (χ4n) is 3.37. The molecule has 0 aromatic carbocycles. The van der Waals surface area contributed by atoms with Gasteiger partial charge in [-0.25, -0.2) is 4.79 Å². The molecule has 1 aromatic heterocycles. The van der Waals surface area contributed by atoms with Gasteiger partial charge in [0.1, 0.15) is 10.5 Å². The van der Waals surface area contributed by atoms with Gasteiger partial charge >= 0.3 is 5.97 Å². The number of hydrogen-bond acceptors (Lipinski definition) is 4. The van der Waals surface area contributed by atoms with E-state index in [9.17, 15) is 9.59 Å². The molecule has 128 valence electrons. The van der Waals surface area contributed by atoms with Gasteiger partial charge in [-0.1, -0.05) is 13.8 Å². The van der Waals surface area contributed by atoms with Crippen LogP contribution in [-0.2, 0) is 21.5 Å². The standard InChI is InChI=1S/C17H26N2O3S/c1-9(2)13(20)18-14-11(15(21)22-7)10-8-16(3,4)19-17(5,6)12(10)23-14/h9,19H,8H2,1-7H3,(H,18,20)/p+1. The fourth-order valence-corrected chi connectivity index (χ4v) is 4.65. The molecule has 23 heavy (non-hydrogen) atoms. The van der Waals surface area contributed by atoms with Gasteiger partial charge in [-0.2, -0.15) is 0 Å². The molecular weight excluding hydrogens is 312 g/mol. The van der Waals surface area contributed by atoms with Crippen molar-refractivity contribution in [1.29, 1.82) is 0 Å². The van der Waals surface area contributed by atoms with Gasteiger partial charge in [0.2, 0.25) is 5.91 Å². The first-order chi connectivity index (χ1) is 10.5. The van der Waals surface area contributed by atoms with Crippen molar-refractivity contribution < 1.29 is 19.6 Å². The van der Waals surface area contributed by atoms with Crippen molar-refractivity contribution in [3.05, 3.63) is 16.0 Å². The quantitative estimate of drug-likeness (QED) is 0.830. The van der Waals surface area contributed by atoms with Crippen molar-refractivity contribution in [2.45, 2.75) is 59.0 Å². The Balaban J connectivity index is 2.60. The molecule has 0 atom stereocenters. The van der Waals surface area contributed by atoms with E-state index >= 15 is 0 Å². The van der Waals surface area contributed by atoms with Crippen LogP contribution in [0.4, 0.5) is 5.00 Å². The Bertz CT molecular complexity index is 645. The van der Waals surface area contributed by atoms with Crippen LogP contribution in [0, 0.1) is 5.92 Å². The van der Waals surface area contributed by atoms with E-state index in [1.54, 1.807) is 0 Å². The van der Waals surface area contributed by atoms with E-state index in [0.717, 1.165) is 16.9 Å². The minimum Gasteiger partial charge on any atom is -0.465 e. The average molecular weight is 339 g/mol. The molecule has 6 heteroatoms. The maximum atomic E-state index is 12.4. The van der Waals surface area contributed by atoms with E-state index in [1.807, 2.05) is 13.8 Å². The number of ether oxygens (including phenoxy) is 1. The Labute approximate surface area is 141 Å². The number of thiophene rings is 1. The molecule has 1 amide bonds. The molecule has 5 nitrogen and oxygen atoms in total. The zero-order valence-corrected chi connectivity index (χ0v) is 15.8. The third-order valence-electron chi connectivity index (χ3n) is 4.13. The number of hydrogen-bond donors (Lipinski definition) is 2. The summed E-state index contributed by atoms with van der Waals surface area (Å²) < 4.78 is 4.99. The molecule has 2 rings (SSSR count). The Morgan fingerprint density at radius 3 is 2.39 bits per heavy atom. The monoisotopic (exact) mass is 339 g/mol. The van der Waals surface area contributed by atoms with E-state index in [1.165, 1.54) is 18.4 Å². The molecular formula is C17H27N2O3S+. The highest BCUT2D eigenvalue weighted by molar-refractivity contribution is 7.17. The first-order valence-corrected chi connectivity index (χ1v) is 8.72. The van der Waals surface area contributed by atoms with Crippen LogP contribution in [-0.4, -0.2) is 24.5 Å². The summed E-state index contributed by atoms with van der Waals surface area (Å²) in [5, 5.41) is 5.85.